The number of carbonyl (C=O) groups is 2. The van der Waals surface area contributed by atoms with Crippen LogP contribution in [-0.4, -0.2) is 38.0 Å². The third kappa shape index (κ3) is 3.87. The van der Waals surface area contributed by atoms with Crippen LogP contribution in [0.2, 0.25) is 5.02 Å². The number of nitrogens with one attached hydrogen (secondary N) is 1. The number of benzene rings is 2. The van der Waals surface area contributed by atoms with Crippen molar-refractivity contribution in [3.8, 4) is 0 Å². The number of nitrogens with zero attached hydrogens (tertiary/aromatic N) is 1. The Balaban J connectivity index is 1.73. The van der Waals surface area contributed by atoms with Gasteiger partial charge in [-0.15, -0.1) is 0 Å². The first kappa shape index (κ1) is 18.4. The van der Waals surface area contributed by atoms with Gasteiger partial charge in [0.2, 0.25) is 15.9 Å². The van der Waals surface area contributed by atoms with E-state index in [1.807, 2.05) is 0 Å². The van der Waals surface area contributed by atoms with Crippen LogP contribution in [0.5, 0.6) is 0 Å². The molecule has 26 heavy (non-hydrogen) atoms. The summed E-state index contributed by atoms with van der Waals surface area (Å²) in [6, 6.07) is 11.0. The van der Waals surface area contributed by atoms with E-state index in [4.69, 9.17) is 16.7 Å². The molecule has 1 amide bonds. The number of aromatic carboxylic acids is 1. The lowest BCUT2D eigenvalue weighted by Gasteiger charge is -2.17. The van der Waals surface area contributed by atoms with Gasteiger partial charge >= 0.3 is 5.97 Å². The lowest BCUT2D eigenvalue weighted by atomic mass is 10.2. The predicted octanol–water partition coefficient (Wildman–Crippen LogP) is 2.12. The molecule has 1 saturated heterocycles. The molecule has 0 radical (unpaired) electrons. The van der Waals surface area contributed by atoms with Crippen molar-refractivity contribution in [2.45, 2.75) is 17.4 Å². The summed E-state index contributed by atoms with van der Waals surface area (Å²) in [5.41, 5.74) is 0.640. The smallest absolute Gasteiger partial charge is 0.335 e. The highest BCUT2D eigenvalue weighted by atomic mass is 35.5. The lowest BCUT2D eigenvalue weighted by molar-refractivity contribution is -0.117. The molecule has 0 aromatic heterocycles. The van der Waals surface area contributed by atoms with Crippen molar-refractivity contribution < 1.29 is 23.1 Å². The molecule has 0 spiro atoms. The molecular weight excluding hydrogens is 380 g/mol. The highest BCUT2D eigenvalue weighted by molar-refractivity contribution is 7.89. The number of carboxylic acids is 1. The Kier molecular flexibility index (Phi) is 4.99. The zero-order valence-electron chi connectivity index (χ0n) is 13.4. The third-order valence-corrected chi connectivity index (χ3v) is 5.79. The van der Waals surface area contributed by atoms with Gasteiger partial charge in [0.05, 0.1) is 10.5 Å². The summed E-state index contributed by atoms with van der Waals surface area (Å²) >= 11 is 5.84. The van der Waals surface area contributed by atoms with E-state index in [2.05, 4.69) is 4.72 Å². The van der Waals surface area contributed by atoms with Crippen LogP contribution in [-0.2, 0) is 14.8 Å². The normalized spacial score (nSPS) is 17.5. The van der Waals surface area contributed by atoms with Gasteiger partial charge in [-0.25, -0.2) is 17.9 Å². The van der Waals surface area contributed by atoms with Crippen molar-refractivity contribution in [1.82, 2.24) is 4.72 Å². The lowest BCUT2D eigenvalue weighted by Crippen LogP contribution is -2.37. The zero-order valence-corrected chi connectivity index (χ0v) is 15.0. The minimum atomic E-state index is -3.86. The van der Waals surface area contributed by atoms with Crippen LogP contribution in [0.15, 0.2) is 53.4 Å². The highest BCUT2D eigenvalue weighted by Crippen LogP contribution is 2.24. The molecule has 1 atom stereocenters. The van der Waals surface area contributed by atoms with Gasteiger partial charge in [0.25, 0.3) is 0 Å². The number of rotatable bonds is 5. The van der Waals surface area contributed by atoms with Crippen LogP contribution in [0.1, 0.15) is 16.8 Å². The summed E-state index contributed by atoms with van der Waals surface area (Å²) in [5.74, 6) is -1.33. The van der Waals surface area contributed by atoms with Crippen LogP contribution < -0.4 is 9.62 Å². The van der Waals surface area contributed by atoms with Gasteiger partial charge < -0.3 is 10.0 Å². The van der Waals surface area contributed by atoms with Crippen molar-refractivity contribution >= 4 is 39.2 Å². The number of carboxylic acid groups (broad SMARTS) is 1. The summed E-state index contributed by atoms with van der Waals surface area (Å²) < 4.78 is 27.4. The van der Waals surface area contributed by atoms with Crippen LogP contribution in [0.25, 0.3) is 0 Å². The number of carbonyl (C=O) groups excluding carboxylic acids is 1. The van der Waals surface area contributed by atoms with Gasteiger partial charge in [-0.3, -0.25) is 4.79 Å². The maximum absolute atomic E-state index is 12.5. The number of sulfonamides is 1. The minimum Gasteiger partial charge on any atom is -0.478 e. The van der Waals surface area contributed by atoms with Crippen molar-refractivity contribution in [2.24, 2.45) is 0 Å². The summed E-state index contributed by atoms with van der Waals surface area (Å²) in [6.45, 7) is 0.201. The van der Waals surface area contributed by atoms with E-state index in [0.29, 0.717) is 10.7 Å². The Hall–Kier alpha value is -2.42. The molecule has 0 saturated carbocycles. The van der Waals surface area contributed by atoms with E-state index in [1.54, 1.807) is 24.3 Å². The standard InChI is InChI=1S/C17H15ClN2O5S/c18-12-3-5-14(6-4-12)20-10-13(9-16(20)21)19-26(24,25)15-7-1-11(2-8-15)17(22)23/h1-8,13,19H,9-10H2,(H,22,23). The van der Waals surface area contributed by atoms with E-state index < -0.39 is 22.0 Å². The summed E-state index contributed by atoms with van der Waals surface area (Å²) in [7, 11) is -3.86. The molecule has 3 rings (SSSR count). The largest absolute Gasteiger partial charge is 0.478 e. The van der Waals surface area contributed by atoms with Gasteiger partial charge in [-0.1, -0.05) is 11.6 Å². The fraction of sp³-hybridized carbons (Fsp3) is 0.176. The summed E-state index contributed by atoms with van der Waals surface area (Å²) in [6.07, 6.45) is 0.0368. The number of halogens is 1. The quantitative estimate of drug-likeness (QED) is 0.808. The van der Waals surface area contributed by atoms with Gasteiger partial charge in [0.1, 0.15) is 0 Å². The van der Waals surface area contributed by atoms with Crippen LogP contribution in [0.4, 0.5) is 5.69 Å². The number of anilines is 1. The molecule has 9 heteroatoms. The average Bonchev–Trinajstić information content (AvgIpc) is 2.95. The van der Waals surface area contributed by atoms with Crippen molar-refractivity contribution in [1.29, 1.82) is 0 Å². The molecule has 1 aliphatic heterocycles. The van der Waals surface area contributed by atoms with Crippen molar-refractivity contribution in [2.75, 3.05) is 11.4 Å². The van der Waals surface area contributed by atoms with Crippen LogP contribution in [0, 0.1) is 0 Å². The molecule has 0 aliphatic carbocycles. The second-order valence-electron chi connectivity index (χ2n) is 5.83. The van der Waals surface area contributed by atoms with Gasteiger partial charge in [-0.2, -0.15) is 0 Å². The van der Waals surface area contributed by atoms with Gasteiger partial charge in [0, 0.05) is 29.7 Å². The Morgan fingerprint density at radius 1 is 1.12 bits per heavy atom. The Morgan fingerprint density at radius 2 is 1.73 bits per heavy atom. The third-order valence-electron chi connectivity index (χ3n) is 4.00. The van der Waals surface area contributed by atoms with Crippen LogP contribution in [0.3, 0.4) is 0 Å². The maximum atomic E-state index is 12.5. The summed E-state index contributed by atoms with van der Waals surface area (Å²) in [5, 5.41) is 9.42. The fourth-order valence-electron chi connectivity index (χ4n) is 2.72. The molecule has 1 aliphatic rings. The molecule has 2 N–H and O–H groups in total. The average molecular weight is 395 g/mol. The topological polar surface area (TPSA) is 104 Å². The predicted molar refractivity (Wildman–Crippen MR) is 95.9 cm³/mol. The van der Waals surface area contributed by atoms with Crippen molar-refractivity contribution in [3.63, 3.8) is 0 Å². The first-order valence-corrected chi connectivity index (χ1v) is 9.54. The van der Waals surface area contributed by atoms with E-state index >= 15 is 0 Å². The zero-order chi connectivity index (χ0) is 18.9. The van der Waals surface area contributed by atoms with Gasteiger partial charge in [-0.05, 0) is 48.5 Å². The molecule has 2 aromatic rings. The number of amides is 1. The first-order chi connectivity index (χ1) is 12.3. The monoisotopic (exact) mass is 394 g/mol. The first-order valence-electron chi connectivity index (χ1n) is 7.68. The van der Waals surface area contributed by atoms with E-state index in [1.165, 1.54) is 29.2 Å². The van der Waals surface area contributed by atoms with E-state index in [9.17, 15) is 18.0 Å². The SMILES string of the molecule is O=C(O)c1ccc(S(=O)(=O)NC2CC(=O)N(c3ccc(Cl)cc3)C2)cc1. The molecule has 1 fully saturated rings. The molecule has 7 nitrogen and oxygen atoms in total. The minimum absolute atomic E-state index is 0.00564. The molecule has 1 heterocycles. The number of hydrogen-bond donors (Lipinski definition) is 2. The van der Waals surface area contributed by atoms with Crippen LogP contribution >= 0.6 is 11.6 Å². The Bertz CT molecular complexity index is 942. The molecule has 2 aromatic carbocycles. The fourth-order valence-corrected chi connectivity index (χ4v) is 4.07. The van der Waals surface area contributed by atoms with Gasteiger partial charge in [0.15, 0.2) is 0 Å². The second-order valence-corrected chi connectivity index (χ2v) is 7.98. The molecule has 1 unspecified atom stereocenters. The molecule has 136 valence electrons. The Morgan fingerprint density at radius 3 is 2.31 bits per heavy atom. The van der Waals surface area contributed by atoms with Crippen molar-refractivity contribution in [3.05, 3.63) is 59.1 Å². The van der Waals surface area contributed by atoms with E-state index in [-0.39, 0.29) is 29.3 Å². The van der Waals surface area contributed by atoms with E-state index in [0.717, 1.165) is 0 Å². The maximum Gasteiger partial charge on any atom is 0.335 e. The summed E-state index contributed by atoms with van der Waals surface area (Å²) in [4.78, 5) is 24.5. The highest BCUT2D eigenvalue weighted by Gasteiger charge is 2.33. The molecular formula is C17H15ClN2O5S. The number of hydrogen-bond acceptors (Lipinski definition) is 4. The Labute approximate surface area is 155 Å². The molecule has 0 bridgehead atoms. The second kappa shape index (κ2) is 7.06.